The zero-order valence-corrected chi connectivity index (χ0v) is 10.1. The van der Waals surface area contributed by atoms with Crippen LogP contribution >= 0.6 is 11.3 Å². The van der Waals surface area contributed by atoms with E-state index in [1.54, 1.807) is 28.0 Å². The first kappa shape index (κ1) is 10.9. The Morgan fingerprint density at radius 1 is 1.33 bits per heavy atom. The fourth-order valence-corrected chi connectivity index (χ4v) is 2.46. The molecule has 0 fully saturated rings. The molecule has 3 aromatic heterocycles. The molecular formula is C12H9N3O2S. The second kappa shape index (κ2) is 4.23. The summed E-state index contributed by atoms with van der Waals surface area (Å²) in [7, 11) is 0. The number of nitrogens with zero attached hydrogens (tertiary/aromatic N) is 3. The first-order chi connectivity index (χ1) is 8.74. The molecule has 0 unspecified atom stereocenters. The van der Waals surface area contributed by atoms with Crippen LogP contribution in [0.2, 0.25) is 0 Å². The maximum Gasteiger partial charge on any atom is 0.337 e. The highest BCUT2D eigenvalue weighted by atomic mass is 32.1. The van der Waals surface area contributed by atoms with Gasteiger partial charge in [-0.3, -0.25) is 4.40 Å². The second-order valence-corrected chi connectivity index (χ2v) is 4.86. The molecule has 0 bridgehead atoms. The average Bonchev–Trinajstić information content (AvgIpc) is 2.99. The van der Waals surface area contributed by atoms with E-state index in [-0.39, 0.29) is 5.56 Å². The molecule has 0 radical (unpaired) electrons. The molecule has 0 saturated carbocycles. The number of pyridine rings is 1. The lowest BCUT2D eigenvalue weighted by atomic mass is 10.3. The fourth-order valence-electron chi connectivity index (χ4n) is 1.75. The lowest BCUT2D eigenvalue weighted by Gasteiger charge is -1.99. The minimum absolute atomic E-state index is 0.231. The van der Waals surface area contributed by atoms with Crippen LogP contribution in [0.25, 0.3) is 5.65 Å². The van der Waals surface area contributed by atoms with Gasteiger partial charge < -0.3 is 5.11 Å². The largest absolute Gasteiger partial charge is 0.478 e. The van der Waals surface area contributed by atoms with E-state index in [0.29, 0.717) is 12.1 Å². The van der Waals surface area contributed by atoms with E-state index in [1.165, 1.54) is 10.9 Å². The van der Waals surface area contributed by atoms with E-state index in [2.05, 4.69) is 10.2 Å². The van der Waals surface area contributed by atoms with Gasteiger partial charge in [-0.25, -0.2) is 4.79 Å². The molecule has 0 aliphatic carbocycles. The summed E-state index contributed by atoms with van der Waals surface area (Å²) in [5, 5.41) is 19.1. The van der Waals surface area contributed by atoms with Crippen LogP contribution in [0, 0.1) is 0 Å². The molecule has 0 atom stereocenters. The monoisotopic (exact) mass is 259 g/mol. The molecule has 0 spiro atoms. The van der Waals surface area contributed by atoms with Crippen molar-refractivity contribution >= 4 is 23.0 Å². The Labute approximate surface area is 106 Å². The van der Waals surface area contributed by atoms with Gasteiger partial charge in [-0.05, 0) is 23.6 Å². The highest BCUT2D eigenvalue weighted by Gasteiger charge is 2.10. The molecule has 1 N–H and O–H groups in total. The molecule has 90 valence electrons. The number of carbonyl (C=O) groups is 1. The van der Waals surface area contributed by atoms with E-state index in [9.17, 15) is 4.79 Å². The van der Waals surface area contributed by atoms with Crippen molar-refractivity contribution in [1.82, 2.24) is 14.6 Å². The fraction of sp³-hybridized carbons (Fsp3) is 0.0833. The summed E-state index contributed by atoms with van der Waals surface area (Å²) in [6, 6.07) is 7.19. The van der Waals surface area contributed by atoms with E-state index >= 15 is 0 Å². The molecule has 3 heterocycles. The van der Waals surface area contributed by atoms with E-state index in [0.717, 1.165) is 5.82 Å². The highest BCUT2D eigenvalue weighted by Crippen LogP contribution is 2.15. The third-order valence-electron chi connectivity index (χ3n) is 2.63. The lowest BCUT2D eigenvalue weighted by Crippen LogP contribution is -2.01. The number of carboxylic acid groups (broad SMARTS) is 1. The number of carboxylic acids is 1. The quantitative estimate of drug-likeness (QED) is 0.782. The topological polar surface area (TPSA) is 67.5 Å². The zero-order valence-electron chi connectivity index (χ0n) is 9.28. The van der Waals surface area contributed by atoms with Crippen LogP contribution in [-0.4, -0.2) is 25.7 Å². The maximum atomic E-state index is 10.9. The lowest BCUT2D eigenvalue weighted by molar-refractivity contribution is 0.0696. The SMILES string of the molecule is O=C(O)c1ccc2nnc(Cc3cccs3)n2c1. The number of fused-ring (bicyclic) bond motifs is 1. The van der Waals surface area contributed by atoms with Gasteiger partial charge in [0.15, 0.2) is 5.65 Å². The van der Waals surface area contributed by atoms with Crippen molar-refractivity contribution in [3.8, 4) is 0 Å². The molecule has 3 rings (SSSR count). The first-order valence-electron chi connectivity index (χ1n) is 5.33. The number of thiophene rings is 1. The van der Waals surface area contributed by atoms with Gasteiger partial charge in [-0.2, -0.15) is 0 Å². The third-order valence-corrected chi connectivity index (χ3v) is 3.51. The van der Waals surface area contributed by atoms with Crippen molar-refractivity contribution in [2.75, 3.05) is 0 Å². The minimum Gasteiger partial charge on any atom is -0.478 e. The van der Waals surface area contributed by atoms with Gasteiger partial charge in [-0.15, -0.1) is 21.5 Å². The molecule has 0 aliphatic heterocycles. The van der Waals surface area contributed by atoms with Crippen molar-refractivity contribution in [2.24, 2.45) is 0 Å². The molecule has 0 aromatic carbocycles. The Balaban J connectivity index is 2.06. The van der Waals surface area contributed by atoms with E-state index in [4.69, 9.17) is 5.11 Å². The minimum atomic E-state index is -0.951. The molecular weight excluding hydrogens is 250 g/mol. The van der Waals surface area contributed by atoms with Gasteiger partial charge in [0.2, 0.25) is 0 Å². The predicted octanol–water partition coefficient (Wildman–Crippen LogP) is 2.08. The van der Waals surface area contributed by atoms with Crippen LogP contribution in [0.1, 0.15) is 21.1 Å². The number of rotatable bonds is 3. The Bertz CT molecular complexity index is 703. The molecule has 18 heavy (non-hydrogen) atoms. The molecule has 0 saturated heterocycles. The summed E-state index contributed by atoms with van der Waals surface area (Å²) < 4.78 is 1.73. The number of aromatic carboxylic acids is 1. The summed E-state index contributed by atoms with van der Waals surface area (Å²) in [5.74, 6) is -0.205. The van der Waals surface area contributed by atoms with Gasteiger partial charge in [0, 0.05) is 17.5 Å². The second-order valence-electron chi connectivity index (χ2n) is 3.82. The number of hydrogen-bond acceptors (Lipinski definition) is 4. The number of hydrogen-bond donors (Lipinski definition) is 1. The van der Waals surface area contributed by atoms with Crippen molar-refractivity contribution in [1.29, 1.82) is 0 Å². The Hall–Kier alpha value is -2.21. The standard InChI is InChI=1S/C12H9N3O2S/c16-12(17)8-3-4-10-13-14-11(15(10)7-8)6-9-2-1-5-18-9/h1-5,7H,6H2,(H,16,17). The van der Waals surface area contributed by atoms with Crippen LogP contribution in [0.4, 0.5) is 0 Å². The Morgan fingerprint density at radius 3 is 2.94 bits per heavy atom. The van der Waals surface area contributed by atoms with Crippen LogP contribution < -0.4 is 0 Å². The first-order valence-corrected chi connectivity index (χ1v) is 6.21. The van der Waals surface area contributed by atoms with Crippen LogP contribution in [0.15, 0.2) is 35.8 Å². The molecule has 3 aromatic rings. The van der Waals surface area contributed by atoms with Crippen LogP contribution in [-0.2, 0) is 6.42 Å². The summed E-state index contributed by atoms with van der Waals surface area (Å²) in [4.78, 5) is 12.1. The molecule has 0 aliphatic rings. The summed E-state index contributed by atoms with van der Waals surface area (Å²) >= 11 is 1.64. The van der Waals surface area contributed by atoms with Crippen molar-refractivity contribution in [3.05, 3.63) is 52.1 Å². The molecule has 5 nitrogen and oxygen atoms in total. The van der Waals surface area contributed by atoms with Gasteiger partial charge >= 0.3 is 5.97 Å². The maximum absolute atomic E-state index is 10.9. The van der Waals surface area contributed by atoms with Crippen molar-refractivity contribution in [2.45, 2.75) is 6.42 Å². The van der Waals surface area contributed by atoms with Gasteiger partial charge in [0.05, 0.1) is 5.56 Å². The van der Waals surface area contributed by atoms with Crippen LogP contribution in [0.3, 0.4) is 0 Å². The van der Waals surface area contributed by atoms with Gasteiger partial charge in [0.1, 0.15) is 5.82 Å². The summed E-state index contributed by atoms with van der Waals surface area (Å²) in [5.41, 5.74) is 0.890. The normalized spacial score (nSPS) is 10.9. The summed E-state index contributed by atoms with van der Waals surface area (Å²) in [6.45, 7) is 0. The van der Waals surface area contributed by atoms with Crippen molar-refractivity contribution < 1.29 is 9.90 Å². The van der Waals surface area contributed by atoms with Crippen molar-refractivity contribution in [3.63, 3.8) is 0 Å². The van der Waals surface area contributed by atoms with E-state index < -0.39 is 5.97 Å². The average molecular weight is 259 g/mol. The zero-order chi connectivity index (χ0) is 12.5. The summed E-state index contributed by atoms with van der Waals surface area (Å²) in [6.07, 6.45) is 2.21. The Kier molecular flexibility index (Phi) is 2.56. The van der Waals surface area contributed by atoms with Gasteiger partial charge in [-0.1, -0.05) is 6.07 Å². The smallest absolute Gasteiger partial charge is 0.337 e. The number of aromatic nitrogens is 3. The molecule has 6 heteroatoms. The van der Waals surface area contributed by atoms with Crippen LogP contribution in [0.5, 0.6) is 0 Å². The van der Waals surface area contributed by atoms with Gasteiger partial charge in [0.25, 0.3) is 0 Å². The van der Waals surface area contributed by atoms with E-state index in [1.807, 2.05) is 17.5 Å². The predicted molar refractivity (Wildman–Crippen MR) is 67.1 cm³/mol. The highest BCUT2D eigenvalue weighted by molar-refractivity contribution is 7.09. The third kappa shape index (κ3) is 1.86. The Morgan fingerprint density at radius 2 is 2.22 bits per heavy atom. The molecule has 0 amide bonds.